The third-order valence-electron chi connectivity index (χ3n) is 2.50. The van der Waals surface area contributed by atoms with Gasteiger partial charge in [-0.25, -0.2) is 0 Å². The minimum Gasteiger partial charge on any atom is -0.465 e. The lowest BCUT2D eigenvalue weighted by molar-refractivity contribution is -0.143. The Hall–Kier alpha value is -1.31. The average Bonchev–Trinajstić information content (AvgIpc) is 2.21. The van der Waals surface area contributed by atoms with E-state index in [1.165, 1.54) is 11.1 Å². The molecule has 0 aliphatic rings. The first-order valence-electron chi connectivity index (χ1n) is 5.71. The van der Waals surface area contributed by atoms with E-state index < -0.39 is 0 Å². The van der Waals surface area contributed by atoms with E-state index in [2.05, 4.69) is 13.8 Å². The lowest BCUT2D eigenvalue weighted by Crippen LogP contribution is -2.12. The second-order valence-electron chi connectivity index (χ2n) is 4.67. The van der Waals surface area contributed by atoms with E-state index in [1.807, 2.05) is 32.0 Å². The van der Waals surface area contributed by atoms with Gasteiger partial charge in [0.05, 0.1) is 13.0 Å². The largest absolute Gasteiger partial charge is 0.465 e. The lowest BCUT2D eigenvalue weighted by Gasteiger charge is -2.08. The maximum Gasteiger partial charge on any atom is 0.310 e. The van der Waals surface area contributed by atoms with Gasteiger partial charge in [0.2, 0.25) is 0 Å². The zero-order chi connectivity index (χ0) is 12.1. The van der Waals surface area contributed by atoms with E-state index in [4.69, 9.17) is 4.74 Å². The zero-order valence-electron chi connectivity index (χ0n) is 10.5. The van der Waals surface area contributed by atoms with E-state index in [1.54, 1.807) is 0 Å². The first kappa shape index (κ1) is 12.8. The number of ether oxygens (including phenoxy) is 1. The Morgan fingerprint density at radius 3 is 2.50 bits per heavy atom. The zero-order valence-corrected chi connectivity index (χ0v) is 10.5. The van der Waals surface area contributed by atoms with E-state index in [0.29, 0.717) is 18.9 Å². The highest BCUT2D eigenvalue weighted by molar-refractivity contribution is 5.72. The number of carbonyl (C=O) groups excluding carboxylic acids is 1. The minimum absolute atomic E-state index is 0.142. The number of hydrogen-bond acceptors (Lipinski definition) is 2. The summed E-state index contributed by atoms with van der Waals surface area (Å²) in [5, 5.41) is 0. The molecule has 88 valence electrons. The molecular formula is C14H20O2. The van der Waals surface area contributed by atoms with Gasteiger partial charge in [-0.3, -0.25) is 4.79 Å². The number of hydrogen-bond donors (Lipinski definition) is 0. The summed E-state index contributed by atoms with van der Waals surface area (Å²) in [6, 6.07) is 6.07. The van der Waals surface area contributed by atoms with Gasteiger partial charge in [0.15, 0.2) is 0 Å². The Labute approximate surface area is 97.6 Å². The molecule has 1 aromatic carbocycles. The van der Waals surface area contributed by atoms with Crippen LogP contribution in [-0.2, 0) is 16.0 Å². The highest BCUT2D eigenvalue weighted by atomic mass is 16.5. The first-order chi connectivity index (χ1) is 7.49. The van der Waals surface area contributed by atoms with Crippen LogP contribution in [-0.4, -0.2) is 12.6 Å². The van der Waals surface area contributed by atoms with Crippen molar-refractivity contribution in [2.75, 3.05) is 6.61 Å². The van der Waals surface area contributed by atoms with Crippen molar-refractivity contribution in [3.63, 3.8) is 0 Å². The molecule has 0 spiro atoms. The van der Waals surface area contributed by atoms with Crippen molar-refractivity contribution in [1.82, 2.24) is 0 Å². The van der Waals surface area contributed by atoms with Crippen LogP contribution in [0.3, 0.4) is 0 Å². The summed E-state index contributed by atoms with van der Waals surface area (Å²) in [6.07, 6.45) is 0.369. The van der Waals surface area contributed by atoms with Crippen LogP contribution in [0.4, 0.5) is 0 Å². The van der Waals surface area contributed by atoms with Crippen LogP contribution in [0.1, 0.15) is 30.5 Å². The SMILES string of the molecule is Cc1ccc(CC(=O)OCC(C)C)cc1C. The van der Waals surface area contributed by atoms with Gasteiger partial charge in [0.25, 0.3) is 0 Å². The number of carbonyl (C=O) groups is 1. The Morgan fingerprint density at radius 2 is 1.94 bits per heavy atom. The molecule has 0 atom stereocenters. The van der Waals surface area contributed by atoms with Gasteiger partial charge < -0.3 is 4.74 Å². The molecule has 1 aromatic rings. The maximum atomic E-state index is 11.5. The van der Waals surface area contributed by atoms with Crippen molar-refractivity contribution in [3.05, 3.63) is 34.9 Å². The van der Waals surface area contributed by atoms with Crippen molar-refractivity contribution in [1.29, 1.82) is 0 Å². The highest BCUT2D eigenvalue weighted by Crippen LogP contribution is 2.10. The molecule has 2 nitrogen and oxygen atoms in total. The molecule has 0 aliphatic carbocycles. The summed E-state index contributed by atoms with van der Waals surface area (Å²) < 4.78 is 5.14. The molecule has 16 heavy (non-hydrogen) atoms. The van der Waals surface area contributed by atoms with Crippen molar-refractivity contribution < 1.29 is 9.53 Å². The van der Waals surface area contributed by atoms with Crippen LogP contribution in [0, 0.1) is 19.8 Å². The third-order valence-corrected chi connectivity index (χ3v) is 2.50. The van der Waals surface area contributed by atoms with Gasteiger partial charge in [0, 0.05) is 0 Å². The van der Waals surface area contributed by atoms with Crippen molar-refractivity contribution >= 4 is 5.97 Å². The summed E-state index contributed by atoms with van der Waals surface area (Å²) >= 11 is 0. The van der Waals surface area contributed by atoms with Crippen LogP contribution < -0.4 is 0 Å². The fourth-order valence-corrected chi connectivity index (χ4v) is 1.39. The van der Waals surface area contributed by atoms with Crippen LogP contribution in [0.2, 0.25) is 0 Å². The molecular weight excluding hydrogens is 200 g/mol. The van der Waals surface area contributed by atoms with Gasteiger partial charge in [-0.1, -0.05) is 32.0 Å². The monoisotopic (exact) mass is 220 g/mol. The Balaban J connectivity index is 2.53. The quantitative estimate of drug-likeness (QED) is 0.729. The maximum absolute atomic E-state index is 11.5. The molecule has 0 saturated carbocycles. The first-order valence-corrected chi connectivity index (χ1v) is 5.71. The fraction of sp³-hybridized carbons (Fsp3) is 0.500. The van der Waals surface area contributed by atoms with E-state index in [-0.39, 0.29) is 5.97 Å². The highest BCUT2D eigenvalue weighted by Gasteiger charge is 2.06. The Kier molecular flexibility index (Phi) is 4.53. The number of aryl methyl sites for hydroxylation is 2. The fourth-order valence-electron chi connectivity index (χ4n) is 1.39. The van der Waals surface area contributed by atoms with Crippen LogP contribution in [0.5, 0.6) is 0 Å². The molecule has 0 bridgehead atoms. The van der Waals surface area contributed by atoms with Crippen LogP contribution in [0.15, 0.2) is 18.2 Å². The molecule has 0 radical (unpaired) electrons. The van der Waals surface area contributed by atoms with Crippen molar-refractivity contribution in [3.8, 4) is 0 Å². The third kappa shape index (κ3) is 4.05. The van der Waals surface area contributed by atoms with Crippen molar-refractivity contribution in [2.45, 2.75) is 34.1 Å². The average molecular weight is 220 g/mol. The molecule has 2 heteroatoms. The number of rotatable bonds is 4. The summed E-state index contributed by atoms with van der Waals surface area (Å²) in [5.41, 5.74) is 3.49. The molecule has 0 unspecified atom stereocenters. The molecule has 0 saturated heterocycles. The van der Waals surface area contributed by atoms with E-state index >= 15 is 0 Å². The van der Waals surface area contributed by atoms with E-state index in [9.17, 15) is 4.79 Å². The van der Waals surface area contributed by atoms with Gasteiger partial charge in [-0.05, 0) is 36.5 Å². The summed E-state index contributed by atoms with van der Waals surface area (Å²) in [6.45, 7) is 8.69. The smallest absolute Gasteiger partial charge is 0.310 e. The summed E-state index contributed by atoms with van der Waals surface area (Å²) in [4.78, 5) is 11.5. The van der Waals surface area contributed by atoms with Gasteiger partial charge >= 0.3 is 5.97 Å². The topological polar surface area (TPSA) is 26.3 Å². The molecule has 0 heterocycles. The van der Waals surface area contributed by atoms with E-state index in [0.717, 1.165) is 5.56 Å². The predicted octanol–water partition coefficient (Wildman–Crippen LogP) is 3.05. The standard InChI is InChI=1S/C14H20O2/c1-10(2)9-16-14(15)8-13-6-5-11(3)12(4)7-13/h5-7,10H,8-9H2,1-4H3. The second kappa shape index (κ2) is 5.69. The Bertz CT molecular complexity index is 367. The second-order valence-corrected chi connectivity index (χ2v) is 4.67. The summed E-state index contributed by atoms with van der Waals surface area (Å²) in [5.74, 6) is 0.251. The molecule has 0 amide bonds. The lowest BCUT2D eigenvalue weighted by atomic mass is 10.0. The van der Waals surface area contributed by atoms with Gasteiger partial charge in [0.1, 0.15) is 0 Å². The van der Waals surface area contributed by atoms with Gasteiger partial charge in [-0.2, -0.15) is 0 Å². The molecule has 0 aromatic heterocycles. The van der Waals surface area contributed by atoms with Gasteiger partial charge in [-0.15, -0.1) is 0 Å². The molecule has 0 fully saturated rings. The number of benzene rings is 1. The predicted molar refractivity (Wildman–Crippen MR) is 65.4 cm³/mol. The van der Waals surface area contributed by atoms with Crippen molar-refractivity contribution in [2.24, 2.45) is 5.92 Å². The number of esters is 1. The molecule has 1 rings (SSSR count). The normalized spacial score (nSPS) is 10.6. The van der Waals surface area contributed by atoms with Crippen LogP contribution >= 0.6 is 0 Å². The minimum atomic E-state index is -0.142. The summed E-state index contributed by atoms with van der Waals surface area (Å²) in [7, 11) is 0. The van der Waals surface area contributed by atoms with Crippen LogP contribution in [0.25, 0.3) is 0 Å². The molecule has 0 aliphatic heterocycles. The molecule has 0 N–H and O–H groups in total. The Morgan fingerprint density at radius 1 is 1.25 bits per heavy atom.